The van der Waals surface area contributed by atoms with Gasteiger partial charge in [0.1, 0.15) is 0 Å². The van der Waals surface area contributed by atoms with E-state index in [0.29, 0.717) is 18.5 Å². The van der Waals surface area contributed by atoms with Crippen molar-refractivity contribution in [1.82, 2.24) is 15.2 Å². The standard InChI is InChI=1S/C16H19N5O2/c1-2-4-12(3-1)19-15-9-18-21-16(20-15)17-8-11-5-6-13-14(7-11)23-10-22-13/h5-7,9,12H,1-4,8,10H2,(H2,17,19,20,21). The molecule has 1 aliphatic carbocycles. The number of nitrogens with one attached hydrogen (secondary N) is 2. The van der Waals surface area contributed by atoms with Crippen molar-refractivity contribution in [2.45, 2.75) is 38.3 Å². The van der Waals surface area contributed by atoms with Crippen LogP contribution in [0, 0.1) is 0 Å². The van der Waals surface area contributed by atoms with Crippen LogP contribution in [0.15, 0.2) is 24.4 Å². The third-order valence-corrected chi connectivity index (χ3v) is 4.15. The van der Waals surface area contributed by atoms with Crippen LogP contribution in [-0.2, 0) is 6.54 Å². The van der Waals surface area contributed by atoms with Gasteiger partial charge in [0.2, 0.25) is 12.7 Å². The highest BCUT2D eigenvalue weighted by molar-refractivity contribution is 5.45. The lowest BCUT2D eigenvalue weighted by Crippen LogP contribution is -2.16. The molecule has 0 atom stereocenters. The lowest BCUT2D eigenvalue weighted by atomic mass is 10.2. The highest BCUT2D eigenvalue weighted by atomic mass is 16.7. The summed E-state index contributed by atoms with van der Waals surface area (Å²) in [5.74, 6) is 2.86. The third kappa shape index (κ3) is 3.28. The first-order chi connectivity index (χ1) is 11.4. The van der Waals surface area contributed by atoms with Crippen LogP contribution < -0.4 is 20.1 Å². The summed E-state index contributed by atoms with van der Waals surface area (Å²) in [6.45, 7) is 0.888. The molecule has 0 amide bonds. The fraction of sp³-hybridized carbons (Fsp3) is 0.438. The van der Waals surface area contributed by atoms with Crippen LogP contribution in [0.4, 0.5) is 11.8 Å². The Morgan fingerprint density at radius 3 is 2.91 bits per heavy atom. The molecule has 0 bridgehead atoms. The van der Waals surface area contributed by atoms with E-state index in [1.54, 1.807) is 6.20 Å². The van der Waals surface area contributed by atoms with Crippen LogP contribution in [0.5, 0.6) is 11.5 Å². The second-order valence-electron chi connectivity index (χ2n) is 5.83. The van der Waals surface area contributed by atoms with Crippen LogP contribution in [0.1, 0.15) is 31.2 Å². The van der Waals surface area contributed by atoms with E-state index in [1.165, 1.54) is 25.7 Å². The number of fused-ring (bicyclic) bond motifs is 1. The molecule has 2 aromatic rings. The Hall–Kier alpha value is -2.57. The largest absolute Gasteiger partial charge is 0.454 e. The summed E-state index contributed by atoms with van der Waals surface area (Å²) in [4.78, 5) is 4.47. The Labute approximate surface area is 134 Å². The molecule has 0 saturated heterocycles. The molecule has 1 aromatic heterocycles. The van der Waals surface area contributed by atoms with Crippen molar-refractivity contribution in [2.24, 2.45) is 0 Å². The average Bonchev–Trinajstić information content (AvgIpc) is 3.24. The van der Waals surface area contributed by atoms with Gasteiger partial charge in [-0.15, -0.1) is 5.10 Å². The Morgan fingerprint density at radius 2 is 2.00 bits per heavy atom. The van der Waals surface area contributed by atoms with Gasteiger partial charge in [0.25, 0.3) is 0 Å². The normalized spacial score (nSPS) is 16.5. The van der Waals surface area contributed by atoms with E-state index < -0.39 is 0 Å². The molecule has 2 aliphatic rings. The fourth-order valence-corrected chi connectivity index (χ4v) is 2.96. The number of aromatic nitrogens is 3. The topological polar surface area (TPSA) is 81.2 Å². The third-order valence-electron chi connectivity index (χ3n) is 4.15. The van der Waals surface area contributed by atoms with Crippen LogP contribution >= 0.6 is 0 Å². The minimum atomic E-state index is 0.286. The summed E-state index contributed by atoms with van der Waals surface area (Å²) < 4.78 is 10.7. The lowest BCUT2D eigenvalue weighted by Gasteiger charge is -2.12. The van der Waals surface area contributed by atoms with Gasteiger partial charge in [-0.3, -0.25) is 0 Å². The van der Waals surface area contributed by atoms with Crippen LogP contribution in [0.25, 0.3) is 0 Å². The average molecular weight is 313 g/mol. The van der Waals surface area contributed by atoms with E-state index in [4.69, 9.17) is 9.47 Å². The van der Waals surface area contributed by atoms with Gasteiger partial charge in [0.15, 0.2) is 17.3 Å². The van der Waals surface area contributed by atoms with E-state index in [2.05, 4.69) is 25.8 Å². The lowest BCUT2D eigenvalue weighted by molar-refractivity contribution is 0.174. The van der Waals surface area contributed by atoms with E-state index in [-0.39, 0.29) is 6.79 Å². The highest BCUT2D eigenvalue weighted by Crippen LogP contribution is 2.32. The summed E-state index contributed by atoms with van der Waals surface area (Å²) in [7, 11) is 0. The van der Waals surface area contributed by atoms with E-state index in [1.807, 2.05) is 18.2 Å². The molecule has 1 aromatic carbocycles. The summed E-state index contributed by atoms with van der Waals surface area (Å²) in [6, 6.07) is 6.38. The van der Waals surface area contributed by atoms with Crippen molar-refractivity contribution in [3.8, 4) is 11.5 Å². The quantitative estimate of drug-likeness (QED) is 0.878. The number of hydrogen-bond donors (Lipinski definition) is 2. The molecule has 0 unspecified atom stereocenters. The van der Waals surface area contributed by atoms with Crippen LogP contribution in [0.2, 0.25) is 0 Å². The van der Waals surface area contributed by atoms with Crippen molar-refractivity contribution >= 4 is 11.8 Å². The zero-order valence-electron chi connectivity index (χ0n) is 12.8. The smallest absolute Gasteiger partial charge is 0.244 e. The van der Waals surface area contributed by atoms with Crippen molar-refractivity contribution in [3.63, 3.8) is 0 Å². The molecular formula is C16H19N5O2. The first-order valence-corrected chi connectivity index (χ1v) is 7.95. The number of hydrogen-bond acceptors (Lipinski definition) is 7. The summed E-state index contributed by atoms with van der Waals surface area (Å²) in [5, 5.41) is 14.7. The van der Waals surface area contributed by atoms with Gasteiger partial charge in [0, 0.05) is 12.6 Å². The molecule has 23 heavy (non-hydrogen) atoms. The maximum Gasteiger partial charge on any atom is 0.244 e. The predicted octanol–water partition coefficient (Wildman–Crippen LogP) is 2.57. The van der Waals surface area contributed by atoms with Gasteiger partial charge in [-0.2, -0.15) is 10.1 Å². The second-order valence-corrected chi connectivity index (χ2v) is 5.83. The van der Waals surface area contributed by atoms with Gasteiger partial charge >= 0.3 is 0 Å². The zero-order valence-corrected chi connectivity index (χ0v) is 12.8. The van der Waals surface area contributed by atoms with Crippen molar-refractivity contribution in [1.29, 1.82) is 0 Å². The number of anilines is 2. The SMILES string of the molecule is c1cc2c(cc1CNc1nncc(NC3CCCC3)n1)OCO2. The van der Waals surface area contributed by atoms with Crippen LogP contribution in [-0.4, -0.2) is 28.0 Å². The highest BCUT2D eigenvalue weighted by Gasteiger charge is 2.16. The predicted molar refractivity (Wildman–Crippen MR) is 85.6 cm³/mol. The molecule has 0 radical (unpaired) electrons. The van der Waals surface area contributed by atoms with Gasteiger partial charge in [-0.1, -0.05) is 18.9 Å². The summed E-state index contributed by atoms with van der Waals surface area (Å²) in [5.41, 5.74) is 1.08. The fourth-order valence-electron chi connectivity index (χ4n) is 2.96. The molecular weight excluding hydrogens is 294 g/mol. The maximum atomic E-state index is 5.38. The van der Waals surface area contributed by atoms with E-state index in [0.717, 1.165) is 22.9 Å². The van der Waals surface area contributed by atoms with Gasteiger partial charge in [-0.05, 0) is 30.5 Å². The monoisotopic (exact) mass is 313 g/mol. The first kappa shape index (κ1) is 14.0. The van der Waals surface area contributed by atoms with Crippen molar-refractivity contribution < 1.29 is 9.47 Å². The van der Waals surface area contributed by atoms with Gasteiger partial charge in [0.05, 0.1) is 6.20 Å². The van der Waals surface area contributed by atoms with Crippen molar-refractivity contribution in [2.75, 3.05) is 17.4 Å². The van der Waals surface area contributed by atoms with Crippen molar-refractivity contribution in [3.05, 3.63) is 30.0 Å². The van der Waals surface area contributed by atoms with E-state index >= 15 is 0 Å². The Kier molecular flexibility index (Phi) is 3.83. The van der Waals surface area contributed by atoms with E-state index in [9.17, 15) is 0 Å². The number of benzene rings is 1. The zero-order chi connectivity index (χ0) is 15.5. The molecule has 7 heteroatoms. The molecule has 1 fully saturated rings. The Balaban J connectivity index is 1.38. The minimum Gasteiger partial charge on any atom is -0.454 e. The number of rotatable bonds is 5. The number of ether oxygens (including phenoxy) is 2. The molecule has 1 saturated carbocycles. The van der Waals surface area contributed by atoms with Gasteiger partial charge in [-0.25, -0.2) is 0 Å². The maximum absolute atomic E-state index is 5.38. The second kappa shape index (κ2) is 6.28. The molecule has 7 nitrogen and oxygen atoms in total. The van der Waals surface area contributed by atoms with Crippen LogP contribution in [0.3, 0.4) is 0 Å². The summed E-state index contributed by atoms with van der Waals surface area (Å²) in [6.07, 6.45) is 6.63. The number of nitrogens with zero attached hydrogens (tertiary/aromatic N) is 3. The Morgan fingerprint density at radius 1 is 1.13 bits per heavy atom. The Bertz CT molecular complexity index is 688. The molecule has 4 rings (SSSR count). The first-order valence-electron chi connectivity index (χ1n) is 7.95. The minimum absolute atomic E-state index is 0.286. The van der Waals surface area contributed by atoms with Gasteiger partial charge < -0.3 is 20.1 Å². The molecule has 120 valence electrons. The summed E-state index contributed by atoms with van der Waals surface area (Å²) >= 11 is 0. The molecule has 1 aliphatic heterocycles. The molecule has 2 heterocycles. The molecule has 2 N–H and O–H groups in total. The molecule has 0 spiro atoms.